The molecule has 1 atom stereocenters. The van der Waals surface area contributed by atoms with Crippen LogP contribution in [-0.4, -0.2) is 6.18 Å². The van der Waals surface area contributed by atoms with Crippen molar-refractivity contribution in [3.8, 4) is 0 Å². The van der Waals surface area contributed by atoms with Gasteiger partial charge in [0.05, 0.1) is 0 Å². The second kappa shape index (κ2) is 3.41. The second-order valence-electron chi connectivity index (χ2n) is 2.68. The van der Waals surface area contributed by atoms with E-state index in [1.165, 1.54) is 12.1 Å². The van der Waals surface area contributed by atoms with Gasteiger partial charge in [0.1, 0.15) is 11.5 Å². The monoisotopic (exact) mass is 193 g/mol. The smallest absolute Gasteiger partial charge is 0.410 e. The van der Waals surface area contributed by atoms with Gasteiger partial charge in [0.2, 0.25) is 0 Å². The minimum atomic E-state index is -4.44. The average Bonchev–Trinajstić information content (AvgIpc) is 2.48. The van der Waals surface area contributed by atoms with Gasteiger partial charge in [0.15, 0.2) is 6.04 Å². The summed E-state index contributed by atoms with van der Waals surface area (Å²) in [6, 6.07) is 0.741. The fourth-order valence-electron chi connectivity index (χ4n) is 0.913. The molecule has 1 aromatic rings. The van der Waals surface area contributed by atoms with E-state index in [0.717, 1.165) is 0 Å². The maximum absolute atomic E-state index is 12.1. The first-order valence-corrected chi connectivity index (χ1v) is 3.86. The van der Waals surface area contributed by atoms with Gasteiger partial charge in [-0.15, -0.1) is 0 Å². The van der Waals surface area contributed by atoms with Crippen molar-refractivity contribution < 1.29 is 17.6 Å². The number of aryl methyl sites for hydroxylation is 1. The molecule has 1 heterocycles. The first kappa shape index (κ1) is 10.1. The first-order valence-electron chi connectivity index (χ1n) is 3.86. The van der Waals surface area contributed by atoms with Crippen LogP contribution in [0.3, 0.4) is 0 Å². The molecule has 0 saturated carbocycles. The first-order chi connectivity index (χ1) is 5.95. The maximum Gasteiger partial charge on any atom is 0.410 e. The van der Waals surface area contributed by atoms with E-state index in [2.05, 4.69) is 0 Å². The van der Waals surface area contributed by atoms with Crippen LogP contribution in [0.5, 0.6) is 0 Å². The highest BCUT2D eigenvalue weighted by atomic mass is 19.4. The van der Waals surface area contributed by atoms with Gasteiger partial charge in [-0.25, -0.2) is 0 Å². The summed E-state index contributed by atoms with van der Waals surface area (Å²) in [5.41, 5.74) is 4.92. The predicted molar refractivity (Wildman–Crippen MR) is 41.1 cm³/mol. The third kappa shape index (κ3) is 2.24. The summed E-state index contributed by atoms with van der Waals surface area (Å²) >= 11 is 0. The Bertz CT molecular complexity index is 279. The van der Waals surface area contributed by atoms with E-state index < -0.39 is 12.2 Å². The van der Waals surface area contributed by atoms with Gasteiger partial charge in [-0.3, -0.25) is 0 Å². The zero-order chi connectivity index (χ0) is 10.1. The van der Waals surface area contributed by atoms with Crippen LogP contribution < -0.4 is 5.73 Å². The second-order valence-corrected chi connectivity index (χ2v) is 2.68. The molecule has 0 saturated heterocycles. The lowest BCUT2D eigenvalue weighted by atomic mass is 10.2. The summed E-state index contributed by atoms with van der Waals surface area (Å²) in [6.45, 7) is 1.79. The molecule has 13 heavy (non-hydrogen) atoms. The highest BCUT2D eigenvalue weighted by Gasteiger charge is 2.39. The van der Waals surface area contributed by atoms with Gasteiger partial charge in [-0.05, 0) is 12.1 Å². The van der Waals surface area contributed by atoms with Crippen molar-refractivity contribution in [2.75, 3.05) is 0 Å². The minimum Gasteiger partial charge on any atom is -0.464 e. The van der Waals surface area contributed by atoms with Crippen LogP contribution in [0.1, 0.15) is 24.5 Å². The molecule has 0 spiro atoms. The Morgan fingerprint density at radius 3 is 2.46 bits per heavy atom. The number of alkyl halides is 3. The molecular formula is C8H10F3NO. The molecule has 1 aromatic heterocycles. The molecule has 0 aliphatic rings. The summed E-state index contributed by atoms with van der Waals surface area (Å²) < 4.78 is 41.1. The number of nitrogens with two attached hydrogens (primary N) is 1. The van der Waals surface area contributed by atoms with Gasteiger partial charge in [-0.2, -0.15) is 13.2 Å². The Kier molecular flexibility index (Phi) is 2.66. The molecule has 0 amide bonds. The van der Waals surface area contributed by atoms with Crippen LogP contribution in [-0.2, 0) is 6.42 Å². The number of halogens is 3. The number of hydrogen-bond acceptors (Lipinski definition) is 2. The van der Waals surface area contributed by atoms with Crippen molar-refractivity contribution in [1.29, 1.82) is 0 Å². The Hall–Kier alpha value is -0.970. The molecule has 5 heteroatoms. The Balaban J connectivity index is 2.83. The van der Waals surface area contributed by atoms with E-state index in [1.54, 1.807) is 6.92 Å². The normalized spacial score (nSPS) is 14.5. The third-order valence-electron chi connectivity index (χ3n) is 1.69. The SMILES string of the molecule is CCc1ccc([C@@H](N)C(F)(F)F)o1. The highest BCUT2D eigenvalue weighted by molar-refractivity contribution is 5.11. The quantitative estimate of drug-likeness (QED) is 0.783. The molecule has 1 rings (SSSR count). The van der Waals surface area contributed by atoms with Gasteiger partial charge in [0, 0.05) is 6.42 Å². The molecule has 0 unspecified atom stereocenters. The summed E-state index contributed by atoms with van der Waals surface area (Å²) in [4.78, 5) is 0. The molecule has 0 aliphatic carbocycles. The third-order valence-corrected chi connectivity index (χ3v) is 1.69. The predicted octanol–water partition coefficient (Wildman–Crippen LogP) is 2.40. The Labute approximate surface area is 73.5 Å². The van der Waals surface area contributed by atoms with Crippen molar-refractivity contribution in [3.05, 3.63) is 23.7 Å². The Morgan fingerprint density at radius 1 is 1.46 bits per heavy atom. The minimum absolute atomic E-state index is 0.232. The molecule has 74 valence electrons. The van der Waals surface area contributed by atoms with Gasteiger partial charge >= 0.3 is 6.18 Å². The van der Waals surface area contributed by atoms with E-state index in [1.807, 2.05) is 0 Å². The zero-order valence-corrected chi connectivity index (χ0v) is 7.06. The number of rotatable bonds is 2. The van der Waals surface area contributed by atoms with E-state index in [9.17, 15) is 13.2 Å². The van der Waals surface area contributed by atoms with Crippen molar-refractivity contribution in [1.82, 2.24) is 0 Å². The standard InChI is InChI=1S/C8H10F3NO/c1-2-5-3-4-6(13-5)7(12)8(9,10)11/h3-4,7H,2,12H2,1H3/t7-/m1/s1. The molecule has 0 aliphatic heterocycles. The van der Waals surface area contributed by atoms with Crippen LogP contribution >= 0.6 is 0 Å². The van der Waals surface area contributed by atoms with Crippen molar-refractivity contribution in [3.63, 3.8) is 0 Å². The molecule has 0 bridgehead atoms. The van der Waals surface area contributed by atoms with Gasteiger partial charge < -0.3 is 10.2 Å². The summed E-state index contributed by atoms with van der Waals surface area (Å²) in [5.74, 6) is 0.277. The molecule has 2 N–H and O–H groups in total. The largest absolute Gasteiger partial charge is 0.464 e. The number of furan rings is 1. The maximum atomic E-state index is 12.1. The van der Waals surface area contributed by atoms with Gasteiger partial charge in [0.25, 0.3) is 0 Å². The lowest BCUT2D eigenvalue weighted by molar-refractivity contribution is -0.152. The topological polar surface area (TPSA) is 39.2 Å². The van der Waals surface area contributed by atoms with Gasteiger partial charge in [-0.1, -0.05) is 6.92 Å². The highest BCUT2D eigenvalue weighted by Crippen LogP contribution is 2.31. The van der Waals surface area contributed by atoms with E-state index >= 15 is 0 Å². The van der Waals surface area contributed by atoms with Crippen molar-refractivity contribution >= 4 is 0 Å². The fraction of sp³-hybridized carbons (Fsp3) is 0.500. The van der Waals surface area contributed by atoms with Crippen LogP contribution in [0, 0.1) is 0 Å². The average molecular weight is 193 g/mol. The van der Waals surface area contributed by atoms with Crippen LogP contribution in [0.15, 0.2) is 16.5 Å². The van der Waals surface area contributed by atoms with Crippen LogP contribution in [0.4, 0.5) is 13.2 Å². The van der Waals surface area contributed by atoms with E-state index in [0.29, 0.717) is 12.2 Å². The van der Waals surface area contributed by atoms with E-state index in [-0.39, 0.29) is 5.76 Å². The Morgan fingerprint density at radius 2 is 2.08 bits per heavy atom. The zero-order valence-electron chi connectivity index (χ0n) is 7.06. The number of hydrogen-bond donors (Lipinski definition) is 1. The van der Waals surface area contributed by atoms with E-state index in [4.69, 9.17) is 10.2 Å². The lowest BCUT2D eigenvalue weighted by Crippen LogP contribution is -2.27. The molecule has 0 fully saturated rings. The van der Waals surface area contributed by atoms with Crippen molar-refractivity contribution in [2.45, 2.75) is 25.6 Å². The lowest BCUT2D eigenvalue weighted by Gasteiger charge is -2.12. The van der Waals surface area contributed by atoms with Crippen LogP contribution in [0.25, 0.3) is 0 Å². The van der Waals surface area contributed by atoms with Crippen molar-refractivity contribution in [2.24, 2.45) is 5.73 Å². The molecule has 0 radical (unpaired) electrons. The molecule has 0 aromatic carbocycles. The summed E-state index contributed by atoms with van der Waals surface area (Å²) in [6.07, 6.45) is -3.88. The molecule has 2 nitrogen and oxygen atoms in total. The fourth-order valence-corrected chi connectivity index (χ4v) is 0.913. The van der Waals surface area contributed by atoms with Crippen LogP contribution in [0.2, 0.25) is 0 Å². The molecular weight excluding hydrogens is 183 g/mol. The summed E-state index contributed by atoms with van der Waals surface area (Å²) in [7, 11) is 0. The summed E-state index contributed by atoms with van der Waals surface area (Å²) in [5, 5.41) is 0.